The Labute approximate surface area is 536 Å². The zero-order valence-electron chi connectivity index (χ0n) is 50.8. The Morgan fingerprint density at radius 3 is 1.20 bits per heavy atom. The van der Waals surface area contributed by atoms with E-state index in [1.54, 1.807) is 0 Å². The van der Waals surface area contributed by atoms with Gasteiger partial charge in [0.2, 0.25) is 0 Å². The molecule has 0 saturated carbocycles. The fourth-order valence-electron chi connectivity index (χ4n) is 16.3. The van der Waals surface area contributed by atoms with Gasteiger partial charge in [-0.3, -0.25) is 0 Å². The maximum atomic E-state index is 5.66. The van der Waals surface area contributed by atoms with E-state index >= 15 is 0 Å². The van der Waals surface area contributed by atoms with Crippen LogP contribution >= 0.6 is 0 Å². The minimum absolute atomic E-state index is 0.298. The third kappa shape index (κ3) is 7.46. The van der Waals surface area contributed by atoms with E-state index < -0.39 is 0 Å². The average molecular weight is 1190 g/mol. The van der Waals surface area contributed by atoms with E-state index in [9.17, 15) is 0 Å². The van der Waals surface area contributed by atoms with Crippen molar-refractivity contribution in [2.75, 3.05) is 0 Å². The lowest BCUT2D eigenvalue weighted by atomic mass is 9.90. The van der Waals surface area contributed by atoms with Crippen LogP contribution in [0.25, 0.3) is 183 Å². The summed E-state index contributed by atoms with van der Waals surface area (Å²) in [6.07, 6.45) is 5.72. The average Bonchev–Trinajstić information content (AvgIpc) is 1.59. The van der Waals surface area contributed by atoms with Gasteiger partial charge in [0.15, 0.2) is 5.82 Å². The number of hydrogen-bond donors (Lipinski definition) is 0. The molecule has 6 nitrogen and oxygen atoms in total. The van der Waals surface area contributed by atoms with Gasteiger partial charge in [0, 0.05) is 99.9 Å². The lowest BCUT2D eigenvalue weighted by molar-refractivity contribution is 0.723. The second-order valence-corrected chi connectivity index (χ2v) is 25.1. The molecule has 18 aromatic rings. The van der Waals surface area contributed by atoms with E-state index in [1.807, 2.05) is 0 Å². The molecule has 434 valence electrons. The van der Waals surface area contributed by atoms with Crippen molar-refractivity contribution >= 4 is 93.2 Å². The first-order valence-corrected chi connectivity index (χ1v) is 32.3. The largest absolute Gasteiger partial charge is 0.313 e. The first kappa shape index (κ1) is 51.7. The topological polar surface area (TPSA) is 45.5 Å². The first-order valence-electron chi connectivity index (χ1n) is 32.3. The van der Waals surface area contributed by atoms with E-state index in [-0.39, 0.29) is 0 Å². The molecule has 2 aliphatic carbocycles. The molecule has 13 aromatic carbocycles. The summed E-state index contributed by atoms with van der Waals surface area (Å²) < 4.78 is 9.79. The molecular formula is C87H56N6. The molecule has 0 radical (unpaired) electrons. The quantitative estimate of drug-likeness (QED) is 0.152. The Hall–Kier alpha value is -12.1. The standard InChI is InChI=1S/C87H56N6/c1-53-21-14-37-70-82-64(63-33-19-42-75-81(63)66-29-9-12-39-72(66)91(75)58-26-6-3-7-27-58)34-20-44-77(82)93(86(53)70)60-49-45-55(46-50-60)84-83-68-35-15-22-54-23-16-36-69(78(54)68)85(83)89-87(88-84)56-47-51-59(52-48-56)92-73-40-13-10-30-67(73)80-62(32-18-43-76(80)92)61-31-17-41-74-79(61)65-28-8-11-38-71(65)90(74)57-24-4-2-5-25-57/h2-20,22-53H,21H2,1H3. The van der Waals surface area contributed by atoms with Gasteiger partial charge in [-0.25, -0.2) is 9.97 Å². The highest BCUT2D eigenvalue weighted by Gasteiger charge is 2.31. The Morgan fingerprint density at radius 1 is 0.301 bits per heavy atom. The molecule has 93 heavy (non-hydrogen) atoms. The fraction of sp³-hybridized carbons (Fsp3) is 0.0345. The molecule has 1 unspecified atom stereocenters. The summed E-state index contributed by atoms with van der Waals surface area (Å²) in [6.45, 7) is 2.38. The molecule has 2 aliphatic rings. The molecule has 6 heteroatoms. The van der Waals surface area contributed by atoms with Crippen LogP contribution < -0.4 is 0 Å². The van der Waals surface area contributed by atoms with Gasteiger partial charge in [-0.2, -0.15) is 0 Å². The van der Waals surface area contributed by atoms with Crippen LogP contribution in [0.3, 0.4) is 0 Å². The number of benzene rings is 13. The highest BCUT2D eigenvalue weighted by molar-refractivity contribution is 6.23. The molecule has 5 heterocycles. The van der Waals surface area contributed by atoms with Crippen LogP contribution in [0.2, 0.25) is 0 Å². The maximum absolute atomic E-state index is 5.66. The number of aromatic nitrogens is 6. The number of para-hydroxylation sites is 5. The van der Waals surface area contributed by atoms with Crippen molar-refractivity contribution in [2.45, 2.75) is 19.3 Å². The molecule has 1 atom stereocenters. The van der Waals surface area contributed by atoms with Crippen LogP contribution in [0.4, 0.5) is 0 Å². The van der Waals surface area contributed by atoms with Crippen LogP contribution in [-0.4, -0.2) is 28.2 Å². The van der Waals surface area contributed by atoms with Crippen molar-refractivity contribution in [2.24, 2.45) is 0 Å². The van der Waals surface area contributed by atoms with Crippen LogP contribution in [0.1, 0.15) is 30.5 Å². The van der Waals surface area contributed by atoms with Crippen LogP contribution in [0, 0.1) is 0 Å². The Morgan fingerprint density at radius 2 is 0.688 bits per heavy atom. The van der Waals surface area contributed by atoms with E-state index in [0.717, 1.165) is 73.8 Å². The summed E-state index contributed by atoms with van der Waals surface area (Å²) >= 11 is 0. The van der Waals surface area contributed by atoms with Gasteiger partial charge in [-0.15, -0.1) is 0 Å². The molecule has 20 rings (SSSR count). The summed E-state index contributed by atoms with van der Waals surface area (Å²) in [6, 6.07) is 107. The molecular weight excluding hydrogens is 1130 g/mol. The van der Waals surface area contributed by atoms with E-state index in [2.05, 4.69) is 329 Å². The van der Waals surface area contributed by atoms with Gasteiger partial charge in [0.25, 0.3) is 0 Å². The second kappa shape index (κ2) is 19.9. The number of nitrogens with zero attached hydrogens (tertiary/aromatic N) is 6. The van der Waals surface area contributed by atoms with Crippen molar-refractivity contribution in [1.82, 2.24) is 28.2 Å². The number of rotatable bonds is 8. The minimum atomic E-state index is 0.298. The normalized spacial score (nSPS) is 13.5. The lowest BCUT2D eigenvalue weighted by Gasteiger charge is -2.20. The van der Waals surface area contributed by atoms with Crippen LogP contribution in [0.15, 0.2) is 297 Å². The summed E-state index contributed by atoms with van der Waals surface area (Å²) in [5.41, 5.74) is 27.6. The SMILES string of the molecule is CC1CC=Cc2c1n(-c1ccc(-c3nc(-c4ccc(-n5c6ccccc6c6c(-c7cccc8c7c7ccccc7n8-c7ccccc7)cccc65)cc4)nc4c3-c3cccc5cccc-4c35)cc1)c1cccc(-c3cccc4c3c3ccccc3n4-c3ccccc3)c21. The van der Waals surface area contributed by atoms with Gasteiger partial charge in [0.05, 0.1) is 50.0 Å². The van der Waals surface area contributed by atoms with Crippen LogP contribution in [-0.2, 0) is 0 Å². The summed E-state index contributed by atoms with van der Waals surface area (Å²) in [7, 11) is 0. The molecule has 0 bridgehead atoms. The summed E-state index contributed by atoms with van der Waals surface area (Å²) in [5, 5.41) is 11.1. The third-order valence-corrected chi connectivity index (χ3v) is 20.1. The van der Waals surface area contributed by atoms with Crippen LogP contribution in [0.5, 0.6) is 0 Å². The Kier molecular flexibility index (Phi) is 11.1. The summed E-state index contributed by atoms with van der Waals surface area (Å²) in [4.78, 5) is 11.2. The number of fused-ring (bicyclic) bond motifs is 15. The molecule has 5 aromatic heterocycles. The predicted molar refractivity (Wildman–Crippen MR) is 388 cm³/mol. The Bertz CT molecular complexity index is 6190. The zero-order valence-corrected chi connectivity index (χ0v) is 50.8. The molecule has 0 spiro atoms. The molecule has 0 saturated heterocycles. The number of hydrogen-bond acceptors (Lipinski definition) is 2. The molecule has 0 amide bonds. The molecule has 0 aliphatic heterocycles. The van der Waals surface area contributed by atoms with E-state index in [1.165, 1.54) is 115 Å². The number of allylic oxidation sites excluding steroid dienone is 1. The zero-order chi connectivity index (χ0) is 61.0. The maximum Gasteiger partial charge on any atom is 0.160 e. The fourth-order valence-corrected chi connectivity index (χ4v) is 16.3. The van der Waals surface area contributed by atoms with Crippen molar-refractivity contribution in [3.05, 3.63) is 309 Å². The van der Waals surface area contributed by atoms with Gasteiger partial charge < -0.3 is 18.3 Å². The highest BCUT2D eigenvalue weighted by Crippen LogP contribution is 2.52. The van der Waals surface area contributed by atoms with Gasteiger partial charge >= 0.3 is 0 Å². The monoisotopic (exact) mass is 1180 g/mol. The Balaban J connectivity index is 0.718. The second-order valence-electron chi connectivity index (χ2n) is 25.1. The summed E-state index contributed by atoms with van der Waals surface area (Å²) in [5.74, 6) is 0.990. The minimum Gasteiger partial charge on any atom is -0.313 e. The lowest BCUT2D eigenvalue weighted by Crippen LogP contribution is -2.07. The van der Waals surface area contributed by atoms with Gasteiger partial charge in [0.1, 0.15) is 0 Å². The van der Waals surface area contributed by atoms with Gasteiger partial charge in [-0.05, 0) is 148 Å². The first-order chi connectivity index (χ1) is 46.1. The van der Waals surface area contributed by atoms with Crippen molar-refractivity contribution < 1.29 is 0 Å². The predicted octanol–water partition coefficient (Wildman–Crippen LogP) is 22.7. The molecule has 0 N–H and O–H groups in total. The smallest absolute Gasteiger partial charge is 0.160 e. The van der Waals surface area contributed by atoms with Gasteiger partial charge in [-0.1, -0.05) is 207 Å². The highest BCUT2D eigenvalue weighted by atomic mass is 15.0. The van der Waals surface area contributed by atoms with Crippen molar-refractivity contribution in [3.63, 3.8) is 0 Å². The van der Waals surface area contributed by atoms with E-state index in [0.29, 0.717) is 11.7 Å². The van der Waals surface area contributed by atoms with Crippen molar-refractivity contribution in [3.8, 4) is 90.0 Å². The third-order valence-electron chi connectivity index (χ3n) is 20.1. The molecule has 0 fully saturated rings. The van der Waals surface area contributed by atoms with Crippen molar-refractivity contribution in [1.29, 1.82) is 0 Å². The van der Waals surface area contributed by atoms with E-state index in [4.69, 9.17) is 9.97 Å².